The third-order valence-electron chi connectivity index (χ3n) is 4.99. The summed E-state index contributed by atoms with van der Waals surface area (Å²) >= 11 is 0. The minimum Gasteiger partial charge on any atom is -0.359 e. The maximum Gasteiger partial charge on any atom is 0.286 e. The van der Waals surface area contributed by atoms with Crippen molar-refractivity contribution < 1.29 is 8.42 Å². The molecule has 0 N–H and O–H groups in total. The van der Waals surface area contributed by atoms with Gasteiger partial charge < -0.3 is 4.90 Å². The van der Waals surface area contributed by atoms with E-state index in [0.29, 0.717) is 11.4 Å². The Labute approximate surface area is 142 Å². The standard InChI is InChI=1S/C18H21N3O2S/c22-24(23,16-10-4-6-14-9-5-11-19-17(14)16)20-18(15-7-3-8-15)21-12-1-2-13-21/h4-6,9-11,15H,1-3,7-8,12-13H2. The zero-order chi connectivity index (χ0) is 16.6. The molecular formula is C18H21N3O2S. The molecule has 2 aliphatic rings. The van der Waals surface area contributed by atoms with Crippen LogP contribution in [-0.2, 0) is 10.0 Å². The Balaban J connectivity index is 1.80. The fourth-order valence-electron chi connectivity index (χ4n) is 3.46. The van der Waals surface area contributed by atoms with Gasteiger partial charge in [-0.1, -0.05) is 24.6 Å². The van der Waals surface area contributed by atoms with Gasteiger partial charge in [0.25, 0.3) is 10.0 Å². The summed E-state index contributed by atoms with van der Waals surface area (Å²) in [6.45, 7) is 1.83. The molecule has 0 unspecified atom stereocenters. The number of para-hydroxylation sites is 1. The second-order valence-electron chi connectivity index (χ2n) is 6.58. The molecule has 0 bridgehead atoms. The van der Waals surface area contributed by atoms with Crippen LogP contribution in [0.2, 0.25) is 0 Å². The topological polar surface area (TPSA) is 62.6 Å². The van der Waals surface area contributed by atoms with Gasteiger partial charge in [-0.05, 0) is 37.8 Å². The molecule has 126 valence electrons. The number of aromatic nitrogens is 1. The number of fused-ring (bicyclic) bond motifs is 1. The predicted octanol–water partition coefficient (Wildman–Crippen LogP) is 3.22. The van der Waals surface area contributed by atoms with E-state index in [0.717, 1.165) is 56.4 Å². The van der Waals surface area contributed by atoms with Gasteiger partial charge in [0, 0.05) is 30.6 Å². The fourth-order valence-corrected chi connectivity index (χ4v) is 4.73. The Bertz CT molecular complexity index is 877. The first-order valence-corrected chi connectivity index (χ1v) is 10.0. The Morgan fingerprint density at radius 1 is 1.08 bits per heavy atom. The summed E-state index contributed by atoms with van der Waals surface area (Å²) in [7, 11) is -3.76. The summed E-state index contributed by atoms with van der Waals surface area (Å²) in [6.07, 6.45) is 7.09. The molecule has 24 heavy (non-hydrogen) atoms. The average Bonchev–Trinajstić information content (AvgIpc) is 3.06. The number of hydrogen-bond donors (Lipinski definition) is 0. The van der Waals surface area contributed by atoms with Crippen LogP contribution in [-0.4, -0.2) is 37.2 Å². The van der Waals surface area contributed by atoms with E-state index < -0.39 is 10.0 Å². The van der Waals surface area contributed by atoms with Gasteiger partial charge in [0.05, 0.1) is 5.52 Å². The highest BCUT2D eigenvalue weighted by molar-refractivity contribution is 7.90. The van der Waals surface area contributed by atoms with Crippen molar-refractivity contribution in [3.05, 3.63) is 36.5 Å². The van der Waals surface area contributed by atoms with Gasteiger partial charge in [0.1, 0.15) is 10.7 Å². The van der Waals surface area contributed by atoms with E-state index >= 15 is 0 Å². The highest BCUT2D eigenvalue weighted by Crippen LogP contribution is 2.32. The number of likely N-dealkylation sites (tertiary alicyclic amines) is 1. The fraction of sp³-hybridized carbons (Fsp3) is 0.444. The molecule has 1 aromatic carbocycles. The van der Waals surface area contributed by atoms with Gasteiger partial charge in [-0.2, -0.15) is 8.42 Å². The predicted molar refractivity (Wildman–Crippen MR) is 94.5 cm³/mol. The molecule has 4 rings (SSSR count). The van der Waals surface area contributed by atoms with Crippen LogP contribution in [0.15, 0.2) is 45.8 Å². The van der Waals surface area contributed by atoms with Gasteiger partial charge in [0.2, 0.25) is 0 Å². The maximum absolute atomic E-state index is 13.0. The first kappa shape index (κ1) is 15.6. The molecule has 1 aliphatic heterocycles. The first-order chi connectivity index (χ1) is 11.6. The van der Waals surface area contributed by atoms with Gasteiger partial charge in [0.15, 0.2) is 0 Å². The van der Waals surface area contributed by atoms with Crippen LogP contribution in [0, 0.1) is 5.92 Å². The lowest BCUT2D eigenvalue weighted by molar-refractivity contribution is 0.363. The van der Waals surface area contributed by atoms with Crippen LogP contribution >= 0.6 is 0 Å². The lowest BCUT2D eigenvalue weighted by atomic mass is 9.84. The lowest BCUT2D eigenvalue weighted by Crippen LogP contribution is -2.37. The molecule has 0 spiro atoms. The zero-order valence-corrected chi connectivity index (χ0v) is 14.4. The number of nitrogens with zero attached hydrogens (tertiary/aromatic N) is 3. The molecule has 1 aromatic heterocycles. The lowest BCUT2D eigenvalue weighted by Gasteiger charge is -2.32. The summed E-state index contributed by atoms with van der Waals surface area (Å²) < 4.78 is 30.3. The van der Waals surface area contributed by atoms with E-state index in [1.165, 1.54) is 0 Å². The van der Waals surface area contributed by atoms with Crippen molar-refractivity contribution >= 4 is 26.8 Å². The van der Waals surface area contributed by atoms with Crippen molar-refractivity contribution in [2.24, 2.45) is 10.3 Å². The summed E-state index contributed by atoms with van der Waals surface area (Å²) in [5, 5.41) is 0.820. The van der Waals surface area contributed by atoms with Gasteiger partial charge in [-0.15, -0.1) is 4.40 Å². The number of benzene rings is 1. The normalized spacial score (nSPS) is 19.7. The van der Waals surface area contributed by atoms with E-state index in [-0.39, 0.29) is 4.90 Å². The van der Waals surface area contributed by atoms with Crippen LogP contribution in [0.1, 0.15) is 32.1 Å². The van der Waals surface area contributed by atoms with Crippen LogP contribution in [0.4, 0.5) is 0 Å². The molecule has 0 atom stereocenters. The molecule has 1 saturated carbocycles. The highest BCUT2D eigenvalue weighted by atomic mass is 32.2. The molecule has 2 aromatic rings. The van der Waals surface area contributed by atoms with Crippen LogP contribution in [0.3, 0.4) is 0 Å². The SMILES string of the molecule is O=S(=O)(N=C(C1CCC1)N1CCCC1)c1cccc2cccnc12. The molecule has 6 heteroatoms. The number of hydrogen-bond acceptors (Lipinski definition) is 3. The molecule has 0 amide bonds. The summed E-state index contributed by atoms with van der Waals surface area (Å²) in [4.78, 5) is 6.64. The Morgan fingerprint density at radius 2 is 1.83 bits per heavy atom. The van der Waals surface area contributed by atoms with Crippen molar-refractivity contribution in [2.45, 2.75) is 37.0 Å². The molecule has 1 saturated heterocycles. The van der Waals surface area contributed by atoms with E-state index in [1.807, 2.05) is 18.2 Å². The summed E-state index contributed by atoms with van der Waals surface area (Å²) in [5.74, 6) is 1.06. The molecule has 1 aliphatic carbocycles. The van der Waals surface area contributed by atoms with E-state index in [9.17, 15) is 8.42 Å². The largest absolute Gasteiger partial charge is 0.359 e. The highest BCUT2D eigenvalue weighted by Gasteiger charge is 2.31. The quantitative estimate of drug-likeness (QED) is 0.634. The summed E-state index contributed by atoms with van der Waals surface area (Å²) in [5.41, 5.74) is 0.498. The molecule has 5 nitrogen and oxygen atoms in total. The Kier molecular flexibility index (Phi) is 4.00. The van der Waals surface area contributed by atoms with Crippen LogP contribution < -0.4 is 0 Å². The number of pyridine rings is 1. The van der Waals surface area contributed by atoms with Crippen LogP contribution in [0.25, 0.3) is 10.9 Å². The number of amidine groups is 1. The van der Waals surface area contributed by atoms with E-state index in [1.54, 1.807) is 18.3 Å². The van der Waals surface area contributed by atoms with Gasteiger partial charge >= 0.3 is 0 Å². The molecule has 2 heterocycles. The monoisotopic (exact) mass is 343 g/mol. The second-order valence-corrected chi connectivity index (χ2v) is 8.15. The van der Waals surface area contributed by atoms with Crippen molar-refractivity contribution in [3.8, 4) is 0 Å². The molecule has 2 fully saturated rings. The maximum atomic E-state index is 13.0. The zero-order valence-electron chi connectivity index (χ0n) is 13.6. The molecular weight excluding hydrogens is 322 g/mol. The van der Waals surface area contributed by atoms with E-state index in [2.05, 4.69) is 14.3 Å². The molecule has 0 radical (unpaired) electrons. The van der Waals surface area contributed by atoms with E-state index in [4.69, 9.17) is 0 Å². The van der Waals surface area contributed by atoms with Crippen molar-refractivity contribution in [3.63, 3.8) is 0 Å². The van der Waals surface area contributed by atoms with Crippen LogP contribution in [0.5, 0.6) is 0 Å². The summed E-state index contributed by atoms with van der Waals surface area (Å²) in [6, 6.07) is 8.92. The minimum atomic E-state index is -3.76. The number of rotatable bonds is 3. The third kappa shape index (κ3) is 2.79. The second kappa shape index (κ2) is 6.16. The van der Waals surface area contributed by atoms with Crippen molar-refractivity contribution in [1.82, 2.24) is 9.88 Å². The van der Waals surface area contributed by atoms with Gasteiger partial charge in [-0.3, -0.25) is 4.98 Å². The Morgan fingerprint density at radius 3 is 2.54 bits per heavy atom. The third-order valence-corrected chi connectivity index (χ3v) is 6.30. The average molecular weight is 343 g/mol. The smallest absolute Gasteiger partial charge is 0.286 e. The van der Waals surface area contributed by atoms with Gasteiger partial charge in [-0.25, -0.2) is 0 Å². The first-order valence-electron chi connectivity index (χ1n) is 8.59. The van der Waals surface area contributed by atoms with Crippen molar-refractivity contribution in [2.75, 3.05) is 13.1 Å². The Hall–Kier alpha value is -1.95. The minimum absolute atomic E-state index is 0.205. The number of sulfonamides is 1. The van der Waals surface area contributed by atoms with Crippen molar-refractivity contribution in [1.29, 1.82) is 0 Å².